The van der Waals surface area contributed by atoms with Gasteiger partial charge in [0.15, 0.2) is 0 Å². The molecule has 1 fully saturated rings. The normalized spacial score (nSPS) is 19.8. The first-order valence-corrected chi connectivity index (χ1v) is 6.96. The molecule has 1 heterocycles. The lowest BCUT2D eigenvalue weighted by Crippen LogP contribution is -2.44. The molecule has 1 saturated heterocycles. The van der Waals surface area contributed by atoms with Gasteiger partial charge in [-0.25, -0.2) is 4.39 Å². The molecule has 1 aliphatic rings. The van der Waals surface area contributed by atoms with E-state index in [0.29, 0.717) is 12.1 Å². The molecule has 0 saturated carbocycles. The van der Waals surface area contributed by atoms with Crippen LogP contribution in [0, 0.1) is 5.82 Å². The number of hydrogen-bond acceptors (Lipinski definition) is 2. The summed E-state index contributed by atoms with van der Waals surface area (Å²) in [5, 5.41) is 2.68. The number of nitrogens with zero attached hydrogens (tertiary/aromatic N) is 1. The van der Waals surface area contributed by atoms with Crippen LogP contribution in [0.4, 0.5) is 10.1 Å². The molecule has 2 amide bonds. The average Bonchev–Trinajstić information content (AvgIpc) is 2.54. The van der Waals surface area contributed by atoms with Gasteiger partial charge in [0.25, 0.3) is 0 Å². The smallest absolute Gasteiger partial charge is 0.249 e. The Morgan fingerprint density at radius 1 is 1.45 bits per heavy atom. The van der Waals surface area contributed by atoms with Crippen LogP contribution in [-0.2, 0) is 9.59 Å². The van der Waals surface area contributed by atoms with Gasteiger partial charge in [-0.2, -0.15) is 0 Å². The van der Waals surface area contributed by atoms with Crippen molar-refractivity contribution in [3.63, 3.8) is 0 Å². The fraction of sp³-hybridized carbons (Fsp3) is 0.429. The SMILES string of the molecule is CCCC1NC(=O)CCN(c2ccc(F)c(Cl)c2)C1=O. The topological polar surface area (TPSA) is 49.4 Å². The van der Waals surface area contributed by atoms with Gasteiger partial charge in [-0.1, -0.05) is 24.9 Å². The van der Waals surface area contributed by atoms with Crippen LogP contribution < -0.4 is 10.2 Å². The first-order valence-electron chi connectivity index (χ1n) is 6.58. The van der Waals surface area contributed by atoms with Crippen molar-refractivity contribution in [2.45, 2.75) is 32.2 Å². The zero-order valence-electron chi connectivity index (χ0n) is 11.2. The third-order valence-corrected chi connectivity index (χ3v) is 3.54. The first kappa shape index (κ1) is 14.8. The van der Waals surface area contributed by atoms with Crippen LogP contribution in [-0.4, -0.2) is 24.4 Å². The van der Waals surface area contributed by atoms with Crippen molar-refractivity contribution in [2.24, 2.45) is 0 Å². The molecule has 1 unspecified atom stereocenters. The van der Waals surface area contributed by atoms with E-state index in [2.05, 4.69) is 5.32 Å². The maximum atomic E-state index is 13.2. The third kappa shape index (κ3) is 3.10. The van der Waals surface area contributed by atoms with Crippen molar-refractivity contribution in [3.8, 4) is 0 Å². The van der Waals surface area contributed by atoms with Gasteiger partial charge in [0, 0.05) is 18.7 Å². The monoisotopic (exact) mass is 298 g/mol. The molecule has 20 heavy (non-hydrogen) atoms. The standard InChI is InChI=1S/C14H16ClFN2O2/c1-2-3-12-14(20)18(7-6-13(19)17-12)9-4-5-11(16)10(15)8-9/h4-5,8,12H,2-3,6-7H2,1H3,(H,17,19). The predicted octanol–water partition coefficient (Wildman–Crippen LogP) is 2.50. The van der Waals surface area contributed by atoms with E-state index >= 15 is 0 Å². The first-order chi connectivity index (χ1) is 9.52. The summed E-state index contributed by atoms with van der Waals surface area (Å²) in [6.45, 7) is 2.22. The van der Waals surface area contributed by atoms with Crippen LogP contribution in [0.2, 0.25) is 5.02 Å². The Bertz CT molecular complexity index is 536. The number of anilines is 1. The van der Waals surface area contributed by atoms with Crippen molar-refractivity contribution < 1.29 is 14.0 Å². The van der Waals surface area contributed by atoms with Gasteiger partial charge < -0.3 is 10.2 Å². The molecule has 0 bridgehead atoms. The Hall–Kier alpha value is -1.62. The molecule has 0 radical (unpaired) electrons. The molecule has 1 atom stereocenters. The van der Waals surface area contributed by atoms with Gasteiger partial charge >= 0.3 is 0 Å². The van der Waals surface area contributed by atoms with E-state index in [1.54, 1.807) is 0 Å². The highest BCUT2D eigenvalue weighted by atomic mass is 35.5. The molecule has 6 heteroatoms. The number of carbonyl (C=O) groups is 2. The molecule has 1 N–H and O–H groups in total. The van der Waals surface area contributed by atoms with Crippen LogP contribution >= 0.6 is 11.6 Å². The summed E-state index contributed by atoms with van der Waals surface area (Å²) in [6, 6.07) is 3.60. The summed E-state index contributed by atoms with van der Waals surface area (Å²) >= 11 is 5.75. The maximum absolute atomic E-state index is 13.2. The number of benzene rings is 1. The Morgan fingerprint density at radius 2 is 2.20 bits per heavy atom. The van der Waals surface area contributed by atoms with E-state index in [-0.39, 0.29) is 29.8 Å². The molecule has 108 valence electrons. The van der Waals surface area contributed by atoms with Crippen LogP contribution in [0.1, 0.15) is 26.2 Å². The van der Waals surface area contributed by atoms with Gasteiger partial charge in [0.2, 0.25) is 11.8 Å². The largest absolute Gasteiger partial charge is 0.344 e. The molecular weight excluding hydrogens is 283 g/mol. The van der Waals surface area contributed by atoms with Crippen molar-refractivity contribution in [2.75, 3.05) is 11.4 Å². The summed E-state index contributed by atoms with van der Waals surface area (Å²) in [7, 11) is 0. The number of carbonyl (C=O) groups excluding carboxylic acids is 2. The van der Waals surface area contributed by atoms with Crippen molar-refractivity contribution in [1.82, 2.24) is 5.32 Å². The summed E-state index contributed by atoms with van der Waals surface area (Å²) in [5.41, 5.74) is 0.513. The van der Waals surface area contributed by atoms with Crippen LogP contribution in [0.15, 0.2) is 18.2 Å². The van der Waals surface area contributed by atoms with Gasteiger partial charge in [-0.3, -0.25) is 9.59 Å². The number of nitrogens with one attached hydrogen (secondary N) is 1. The molecule has 0 aromatic heterocycles. The highest BCUT2D eigenvalue weighted by molar-refractivity contribution is 6.31. The van der Waals surface area contributed by atoms with Crippen LogP contribution in [0.25, 0.3) is 0 Å². The molecule has 1 aromatic carbocycles. The highest BCUT2D eigenvalue weighted by Crippen LogP contribution is 2.24. The number of amides is 2. The van der Waals surface area contributed by atoms with Gasteiger partial charge in [-0.05, 0) is 24.6 Å². The molecular formula is C14H16ClFN2O2. The second-order valence-electron chi connectivity index (χ2n) is 4.75. The van der Waals surface area contributed by atoms with E-state index in [9.17, 15) is 14.0 Å². The van der Waals surface area contributed by atoms with Crippen molar-refractivity contribution >= 4 is 29.1 Å². The zero-order valence-corrected chi connectivity index (χ0v) is 11.9. The van der Waals surface area contributed by atoms with E-state index in [1.807, 2.05) is 6.92 Å². The van der Waals surface area contributed by atoms with Crippen molar-refractivity contribution in [1.29, 1.82) is 0 Å². The van der Waals surface area contributed by atoms with Crippen molar-refractivity contribution in [3.05, 3.63) is 29.0 Å². The second kappa shape index (κ2) is 6.22. The lowest BCUT2D eigenvalue weighted by atomic mass is 10.1. The molecule has 1 aromatic rings. The molecule has 0 spiro atoms. The molecule has 0 aliphatic carbocycles. The minimum Gasteiger partial charge on any atom is -0.344 e. The lowest BCUT2D eigenvalue weighted by Gasteiger charge is -2.24. The average molecular weight is 299 g/mol. The highest BCUT2D eigenvalue weighted by Gasteiger charge is 2.30. The Balaban J connectivity index is 2.30. The summed E-state index contributed by atoms with van der Waals surface area (Å²) in [5.74, 6) is -0.857. The van der Waals surface area contributed by atoms with Crippen LogP contribution in [0.3, 0.4) is 0 Å². The number of rotatable bonds is 3. The van der Waals surface area contributed by atoms with E-state index < -0.39 is 11.9 Å². The zero-order chi connectivity index (χ0) is 14.7. The lowest BCUT2D eigenvalue weighted by molar-refractivity contribution is -0.125. The summed E-state index contributed by atoms with van der Waals surface area (Å²) < 4.78 is 13.2. The van der Waals surface area contributed by atoms with Gasteiger partial charge in [0.05, 0.1) is 5.02 Å². The number of hydrogen-bond donors (Lipinski definition) is 1. The fourth-order valence-corrected chi connectivity index (χ4v) is 2.41. The van der Waals surface area contributed by atoms with Crippen LogP contribution in [0.5, 0.6) is 0 Å². The van der Waals surface area contributed by atoms with E-state index in [1.165, 1.54) is 23.1 Å². The van der Waals surface area contributed by atoms with E-state index in [4.69, 9.17) is 11.6 Å². The minimum absolute atomic E-state index is 0.0362. The maximum Gasteiger partial charge on any atom is 0.249 e. The van der Waals surface area contributed by atoms with Gasteiger partial charge in [0.1, 0.15) is 11.9 Å². The second-order valence-corrected chi connectivity index (χ2v) is 5.15. The third-order valence-electron chi connectivity index (χ3n) is 3.25. The summed E-state index contributed by atoms with van der Waals surface area (Å²) in [6.07, 6.45) is 1.59. The predicted molar refractivity (Wildman–Crippen MR) is 75.2 cm³/mol. The Morgan fingerprint density at radius 3 is 2.85 bits per heavy atom. The van der Waals surface area contributed by atoms with E-state index in [0.717, 1.165) is 6.42 Å². The Labute approximate surface area is 121 Å². The molecule has 4 nitrogen and oxygen atoms in total. The summed E-state index contributed by atoms with van der Waals surface area (Å²) in [4.78, 5) is 25.6. The number of halogens is 2. The Kier molecular flexibility index (Phi) is 4.60. The fourth-order valence-electron chi connectivity index (χ4n) is 2.23. The van der Waals surface area contributed by atoms with Gasteiger partial charge in [-0.15, -0.1) is 0 Å². The molecule has 1 aliphatic heterocycles. The molecule has 2 rings (SSSR count). The quantitative estimate of drug-likeness (QED) is 0.932. The minimum atomic E-state index is -0.531.